The van der Waals surface area contributed by atoms with Gasteiger partial charge in [-0.05, 0) is 31.4 Å². The van der Waals surface area contributed by atoms with Crippen LogP contribution in [0.25, 0.3) is 11.1 Å². The van der Waals surface area contributed by atoms with Crippen molar-refractivity contribution in [1.82, 2.24) is 9.88 Å². The number of benzene rings is 1. The number of nitrogen functional groups attached to an aromatic ring is 1. The maximum absolute atomic E-state index is 15.4. The molecule has 1 amide bonds. The molecule has 162 valence electrons. The van der Waals surface area contributed by atoms with Crippen molar-refractivity contribution in [2.45, 2.75) is 36.7 Å². The molecular weight excluding hydrogens is 421 g/mol. The Hall–Kier alpha value is -2.89. The van der Waals surface area contributed by atoms with Crippen LogP contribution in [0.15, 0.2) is 18.3 Å². The summed E-state index contributed by atoms with van der Waals surface area (Å²) in [6.07, 6.45) is 2.98. The third kappa shape index (κ3) is 3.29. The number of hydrogen-bond donors (Lipinski definition) is 3. The number of nitriles is 1. The van der Waals surface area contributed by atoms with Crippen molar-refractivity contribution in [3.63, 3.8) is 0 Å². The highest BCUT2D eigenvalue weighted by Gasteiger charge is 2.52. The Labute approximate surface area is 184 Å². The molecule has 1 aliphatic heterocycles. The highest BCUT2D eigenvalue weighted by molar-refractivity contribution is 6.34. The predicted molar refractivity (Wildman–Crippen MR) is 116 cm³/mol. The van der Waals surface area contributed by atoms with Crippen molar-refractivity contribution in [3.8, 4) is 17.2 Å². The van der Waals surface area contributed by atoms with E-state index in [1.165, 1.54) is 37.3 Å². The molecule has 4 N–H and O–H groups in total. The van der Waals surface area contributed by atoms with Gasteiger partial charge in [-0.2, -0.15) is 5.26 Å². The van der Waals surface area contributed by atoms with E-state index in [0.29, 0.717) is 42.2 Å². The van der Waals surface area contributed by atoms with Crippen molar-refractivity contribution >= 4 is 29.0 Å². The molecule has 1 fully saturated rings. The standard InChI is InChI=1S/C22H23ClFN5O2/c1-29(2)20(30)15-14(26)4-3-12(18(15)24)13-9-27-19-16(17(13)23)21(11-28-19)5-6-22(31,10-21)7-8-25/h3-4,9,31H,5-7,10-11,26H2,1-2H3,(H,27,28)/t21-,22+/m1/s1. The largest absolute Gasteiger partial charge is 0.398 e. The van der Waals surface area contributed by atoms with Gasteiger partial charge in [0.2, 0.25) is 0 Å². The second-order valence-electron chi connectivity index (χ2n) is 8.67. The van der Waals surface area contributed by atoms with Gasteiger partial charge in [-0.3, -0.25) is 4.79 Å². The number of nitrogens with two attached hydrogens (primary N) is 1. The highest BCUT2D eigenvalue weighted by Crippen LogP contribution is 2.55. The lowest BCUT2D eigenvalue weighted by Gasteiger charge is -2.27. The monoisotopic (exact) mass is 443 g/mol. The van der Waals surface area contributed by atoms with Gasteiger partial charge in [0, 0.05) is 54.6 Å². The Bertz CT molecular complexity index is 1130. The average Bonchev–Trinajstić information content (AvgIpc) is 3.23. The third-order valence-corrected chi connectivity index (χ3v) is 6.76. The Kier molecular flexibility index (Phi) is 5.07. The number of carbonyl (C=O) groups is 1. The Morgan fingerprint density at radius 3 is 2.84 bits per heavy atom. The SMILES string of the molecule is CN(C)C(=O)c1c(N)ccc(-c2cnc3c(c2Cl)[C@@]2(CC[C@](O)(CC#N)C2)CN3)c1F. The lowest BCUT2D eigenvalue weighted by atomic mass is 9.79. The minimum absolute atomic E-state index is 0.0391. The molecule has 1 aliphatic carbocycles. The van der Waals surface area contributed by atoms with E-state index in [-0.39, 0.29) is 23.2 Å². The molecule has 1 aromatic heterocycles. The Morgan fingerprint density at radius 1 is 1.42 bits per heavy atom. The summed E-state index contributed by atoms with van der Waals surface area (Å²) in [5.41, 5.74) is 5.34. The number of aliphatic hydroxyl groups is 1. The van der Waals surface area contributed by atoms with Gasteiger partial charge >= 0.3 is 0 Å². The molecule has 0 unspecified atom stereocenters. The first kappa shape index (κ1) is 21.3. The van der Waals surface area contributed by atoms with E-state index in [2.05, 4.69) is 16.4 Å². The molecule has 2 atom stereocenters. The molecular formula is C22H23ClFN5O2. The maximum Gasteiger partial charge on any atom is 0.258 e. The molecule has 1 aromatic carbocycles. The zero-order chi connectivity index (χ0) is 22.6. The topological polar surface area (TPSA) is 115 Å². The number of fused-ring (bicyclic) bond motifs is 2. The van der Waals surface area contributed by atoms with Crippen LogP contribution < -0.4 is 11.1 Å². The summed E-state index contributed by atoms with van der Waals surface area (Å²) >= 11 is 6.81. The Morgan fingerprint density at radius 2 is 2.16 bits per heavy atom. The fourth-order valence-electron chi connectivity index (χ4n) is 4.82. The minimum atomic E-state index is -1.09. The number of nitrogens with zero attached hydrogens (tertiary/aromatic N) is 3. The highest BCUT2D eigenvalue weighted by atomic mass is 35.5. The van der Waals surface area contributed by atoms with E-state index in [0.717, 1.165) is 5.56 Å². The zero-order valence-corrected chi connectivity index (χ0v) is 18.1. The molecule has 0 radical (unpaired) electrons. The van der Waals surface area contributed by atoms with Crippen LogP contribution in [-0.4, -0.2) is 47.1 Å². The van der Waals surface area contributed by atoms with Gasteiger partial charge in [-0.1, -0.05) is 11.6 Å². The molecule has 9 heteroatoms. The van der Waals surface area contributed by atoms with E-state index in [4.69, 9.17) is 22.6 Å². The number of anilines is 2. The zero-order valence-electron chi connectivity index (χ0n) is 17.3. The number of pyridine rings is 1. The van der Waals surface area contributed by atoms with Crippen LogP contribution in [0, 0.1) is 17.1 Å². The van der Waals surface area contributed by atoms with Gasteiger partial charge in [-0.25, -0.2) is 9.37 Å². The lowest BCUT2D eigenvalue weighted by Crippen LogP contribution is -2.31. The van der Waals surface area contributed by atoms with Crippen LogP contribution in [0.5, 0.6) is 0 Å². The minimum Gasteiger partial charge on any atom is -0.398 e. The molecule has 1 saturated carbocycles. The molecule has 2 heterocycles. The molecule has 2 aromatic rings. The van der Waals surface area contributed by atoms with Crippen molar-refractivity contribution in [2.24, 2.45) is 0 Å². The fraction of sp³-hybridized carbons (Fsp3) is 0.409. The lowest BCUT2D eigenvalue weighted by molar-refractivity contribution is 0.0467. The van der Waals surface area contributed by atoms with Crippen LogP contribution in [0.4, 0.5) is 15.9 Å². The molecule has 2 aliphatic rings. The maximum atomic E-state index is 15.4. The van der Waals surface area contributed by atoms with Crippen molar-refractivity contribution < 1.29 is 14.3 Å². The third-order valence-electron chi connectivity index (χ3n) is 6.37. The second-order valence-corrected chi connectivity index (χ2v) is 9.05. The van der Waals surface area contributed by atoms with E-state index in [9.17, 15) is 9.90 Å². The summed E-state index contributed by atoms with van der Waals surface area (Å²) in [5, 5.41) is 23.5. The number of halogens is 2. The number of carbonyl (C=O) groups excluding carboxylic acids is 1. The van der Waals surface area contributed by atoms with Gasteiger partial charge in [0.05, 0.1) is 28.7 Å². The summed E-state index contributed by atoms with van der Waals surface area (Å²) in [6.45, 7) is 0.529. The number of hydrogen-bond acceptors (Lipinski definition) is 6. The number of rotatable bonds is 3. The first-order valence-corrected chi connectivity index (χ1v) is 10.3. The van der Waals surface area contributed by atoms with Crippen LogP contribution in [0.3, 0.4) is 0 Å². The van der Waals surface area contributed by atoms with Crippen LogP contribution in [0.1, 0.15) is 41.6 Å². The number of amides is 1. The van der Waals surface area contributed by atoms with Crippen LogP contribution >= 0.6 is 11.6 Å². The van der Waals surface area contributed by atoms with Gasteiger partial charge in [0.1, 0.15) is 11.6 Å². The average molecular weight is 444 g/mol. The fourth-order valence-corrected chi connectivity index (χ4v) is 5.26. The van der Waals surface area contributed by atoms with E-state index in [1.54, 1.807) is 0 Å². The quantitative estimate of drug-likeness (QED) is 0.627. The van der Waals surface area contributed by atoms with Crippen LogP contribution in [-0.2, 0) is 5.41 Å². The normalized spacial score (nSPS) is 24.0. The molecule has 7 nitrogen and oxygen atoms in total. The summed E-state index contributed by atoms with van der Waals surface area (Å²) in [7, 11) is 3.05. The molecule has 0 saturated heterocycles. The summed E-state index contributed by atoms with van der Waals surface area (Å²) in [5.74, 6) is -0.706. The predicted octanol–water partition coefficient (Wildman–Crippen LogP) is 3.32. The number of nitrogens with one attached hydrogen (secondary N) is 1. The van der Waals surface area contributed by atoms with Crippen molar-refractivity contribution in [1.29, 1.82) is 5.26 Å². The number of aromatic nitrogens is 1. The van der Waals surface area contributed by atoms with Gasteiger partial charge < -0.3 is 21.1 Å². The van der Waals surface area contributed by atoms with Gasteiger partial charge in [0.25, 0.3) is 5.91 Å². The van der Waals surface area contributed by atoms with Gasteiger partial charge in [-0.15, -0.1) is 0 Å². The van der Waals surface area contributed by atoms with Crippen molar-refractivity contribution in [3.05, 3.63) is 40.3 Å². The smallest absolute Gasteiger partial charge is 0.258 e. The summed E-state index contributed by atoms with van der Waals surface area (Å²) < 4.78 is 15.4. The van der Waals surface area contributed by atoms with Gasteiger partial charge in [0.15, 0.2) is 0 Å². The summed E-state index contributed by atoms with van der Waals surface area (Å²) in [4.78, 5) is 18.2. The van der Waals surface area contributed by atoms with E-state index >= 15 is 4.39 Å². The molecule has 0 bridgehead atoms. The first-order chi connectivity index (χ1) is 14.6. The summed E-state index contributed by atoms with van der Waals surface area (Å²) in [6, 6.07) is 5.02. The van der Waals surface area contributed by atoms with E-state index < -0.39 is 22.7 Å². The molecule has 1 spiro atoms. The first-order valence-electron chi connectivity index (χ1n) is 9.95. The van der Waals surface area contributed by atoms with E-state index in [1.807, 2.05) is 0 Å². The molecule has 4 rings (SSSR count). The Balaban J connectivity index is 1.84. The van der Waals surface area contributed by atoms with Crippen LogP contribution in [0.2, 0.25) is 5.02 Å². The second kappa shape index (κ2) is 7.36. The van der Waals surface area contributed by atoms with Crippen molar-refractivity contribution in [2.75, 3.05) is 31.7 Å². The molecule has 31 heavy (non-hydrogen) atoms.